The molecule has 2 N–H and O–H groups in total. The lowest BCUT2D eigenvalue weighted by Gasteiger charge is -2.12. The second kappa shape index (κ2) is 4.85. The SMILES string of the molecule is O=C(O)c1cc(NC2C=CS(=O)(=O)C2)nc2ccccc12. The summed E-state index contributed by atoms with van der Waals surface area (Å²) in [6.45, 7) is 0. The molecule has 0 radical (unpaired) electrons. The minimum Gasteiger partial charge on any atom is -0.478 e. The summed E-state index contributed by atoms with van der Waals surface area (Å²) in [7, 11) is -3.17. The standard InChI is InChI=1S/C14H12N2O4S/c17-14(18)11-7-13(15-9-5-6-21(19,20)8-9)16-12-4-2-1-3-10(11)12/h1-7,9H,8H2,(H,15,16)(H,17,18). The third-order valence-corrected chi connectivity index (χ3v) is 4.61. The zero-order valence-corrected chi connectivity index (χ0v) is 11.7. The smallest absolute Gasteiger partial charge is 0.336 e. The zero-order valence-electron chi connectivity index (χ0n) is 10.9. The first kappa shape index (κ1) is 13.6. The summed E-state index contributed by atoms with van der Waals surface area (Å²) in [5, 5.41) is 13.9. The van der Waals surface area contributed by atoms with Crippen LogP contribution in [0.2, 0.25) is 0 Å². The molecule has 1 aromatic heterocycles. The van der Waals surface area contributed by atoms with Gasteiger partial charge in [-0.05, 0) is 18.2 Å². The van der Waals surface area contributed by atoms with Crippen molar-refractivity contribution >= 4 is 32.5 Å². The van der Waals surface area contributed by atoms with Gasteiger partial charge in [0.1, 0.15) is 5.82 Å². The van der Waals surface area contributed by atoms with Crippen molar-refractivity contribution in [2.45, 2.75) is 6.04 Å². The number of nitrogens with one attached hydrogen (secondary N) is 1. The number of rotatable bonds is 3. The predicted octanol–water partition coefficient (Wildman–Crippen LogP) is 1.66. The molecular weight excluding hydrogens is 292 g/mol. The summed E-state index contributed by atoms with van der Waals surface area (Å²) >= 11 is 0. The third-order valence-electron chi connectivity index (χ3n) is 3.21. The van der Waals surface area contributed by atoms with Crippen LogP contribution in [-0.4, -0.2) is 36.3 Å². The molecule has 1 unspecified atom stereocenters. The second-order valence-electron chi connectivity index (χ2n) is 4.79. The van der Waals surface area contributed by atoms with Gasteiger partial charge in [0, 0.05) is 10.8 Å². The number of benzene rings is 1. The molecule has 21 heavy (non-hydrogen) atoms. The molecule has 2 aromatic rings. The van der Waals surface area contributed by atoms with Gasteiger partial charge in [-0.2, -0.15) is 0 Å². The molecule has 0 saturated carbocycles. The van der Waals surface area contributed by atoms with Crippen LogP contribution in [0.4, 0.5) is 5.82 Å². The zero-order chi connectivity index (χ0) is 15.0. The number of para-hydroxylation sites is 1. The highest BCUT2D eigenvalue weighted by Crippen LogP contribution is 2.22. The molecule has 0 saturated heterocycles. The Bertz CT molecular complexity index is 858. The maximum absolute atomic E-state index is 11.4. The van der Waals surface area contributed by atoms with Crippen LogP contribution in [-0.2, 0) is 9.84 Å². The topological polar surface area (TPSA) is 96.4 Å². The number of fused-ring (bicyclic) bond motifs is 1. The third kappa shape index (κ3) is 2.73. The molecule has 0 aliphatic carbocycles. The highest BCUT2D eigenvalue weighted by atomic mass is 32.2. The van der Waals surface area contributed by atoms with Gasteiger partial charge in [-0.15, -0.1) is 0 Å². The average Bonchev–Trinajstić information content (AvgIpc) is 2.77. The minimum atomic E-state index is -3.17. The molecule has 6 nitrogen and oxygen atoms in total. The Morgan fingerprint density at radius 3 is 2.76 bits per heavy atom. The van der Waals surface area contributed by atoms with Gasteiger partial charge in [-0.1, -0.05) is 18.2 Å². The van der Waals surface area contributed by atoms with Crippen molar-refractivity contribution in [3.63, 3.8) is 0 Å². The number of aromatic nitrogens is 1. The maximum Gasteiger partial charge on any atom is 0.336 e. The van der Waals surface area contributed by atoms with Crippen molar-refractivity contribution < 1.29 is 18.3 Å². The maximum atomic E-state index is 11.4. The number of carboxylic acid groups (broad SMARTS) is 1. The molecule has 0 spiro atoms. The molecule has 1 aliphatic heterocycles. The van der Waals surface area contributed by atoms with E-state index in [0.29, 0.717) is 16.7 Å². The van der Waals surface area contributed by atoms with Crippen LogP contribution in [0.5, 0.6) is 0 Å². The van der Waals surface area contributed by atoms with E-state index in [4.69, 9.17) is 0 Å². The fraction of sp³-hybridized carbons (Fsp3) is 0.143. The highest BCUT2D eigenvalue weighted by Gasteiger charge is 2.22. The lowest BCUT2D eigenvalue weighted by molar-refractivity contribution is 0.0699. The van der Waals surface area contributed by atoms with E-state index in [1.54, 1.807) is 24.3 Å². The Kier molecular flexibility index (Phi) is 3.13. The van der Waals surface area contributed by atoms with E-state index in [2.05, 4.69) is 10.3 Å². The Morgan fingerprint density at radius 2 is 2.10 bits per heavy atom. The molecule has 3 rings (SSSR count). The predicted molar refractivity (Wildman–Crippen MR) is 79.0 cm³/mol. The number of hydrogen-bond acceptors (Lipinski definition) is 5. The van der Waals surface area contributed by atoms with Gasteiger partial charge in [0.25, 0.3) is 0 Å². The largest absolute Gasteiger partial charge is 0.478 e. The molecule has 2 heterocycles. The van der Waals surface area contributed by atoms with Crippen LogP contribution in [0.1, 0.15) is 10.4 Å². The Balaban J connectivity index is 2.00. The van der Waals surface area contributed by atoms with Crippen LogP contribution in [0.25, 0.3) is 10.9 Å². The molecule has 1 aliphatic rings. The van der Waals surface area contributed by atoms with Crippen molar-refractivity contribution in [1.29, 1.82) is 0 Å². The number of carboxylic acids is 1. The molecule has 0 bridgehead atoms. The summed E-state index contributed by atoms with van der Waals surface area (Å²) < 4.78 is 22.8. The molecule has 1 aromatic carbocycles. The number of pyridine rings is 1. The van der Waals surface area contributed by atoms with E-state index in [0.717, 1.165) is 5.41 Å². The fourth-order valence-corrected chi connectivity index (χ4v) is 3.52. The number of anilines is 1. The number of hydrogen-bond donors (Lipinski definition) is 2. The molecular formula is C14H12N2O4S. The van der Waals surface area contributed by atoms with Crippen LogP contribution < -0.4 is 5.32 Å². The lowest BCUT2D eigenvalue weighted by atomic mass is 10.1. The Hall–Kier alpha value is -2.41. The quantitative estimate of drug-likeness (QED) is 0.895. The van der Waals surface area contributed by atoms with E-state index in [-0.39, 0.29) is 11.3 Å². The van der Waals surface area contributed by atoms with Crippen molar-refractivity contribution in [2.24, 2.45) is 0 Å². The average molecular weight is 304 g/mol. The van der Waals surface area contributed by atoms with Crippen LogP contribution in [0.3, 0.4) is 0 Å². The van der Waals surface area contributed by atoms with E-state index in [1.165, 1.54) is 12.1 Å². The first-order valence-corrected chi connectivity index (χ1v) is 7.97. The van der Waals surface area contributed by atoms with Crippen molar-refractivity contribution in [2.75, 3.05) is 11.1 Å². The number of aromatic carboxylic acids is 1. The summed E-state index contributed by atoms with van der Waals surface area (Å²) in [4.78, 5) is 15.7. The summed E-state index contributed by atoms with van der Waals surface area (Å²) in [6.07, 6.45) is 1.53. The number of carbonyl (C=O) groups is 1. The van der Waals surface area contributed by atoms with E-state index in [9.17, 15) is 18.3 Å². The number of nitrogens with zero attached hydrogens (tertiary/aromatic N) is 1. The van der Waals surface area contributed by atoms with E-state index in [1.807, 2.05) is 0 Å². The molecule has 1 atom stereocenters. The molecule has 0 fully saturated rings. The Morgan fingerprint density at radius 1 is 1.33 bits per heavy atom. The van der Waals surface area contributed by atoms with Crippen molar-refractivity contribution in [3.8, 4) is 0 Å². The minimum absolute atomic E-state index is 0.0517. The van der Waals surface area contributed by atoms with Gasteiger partial charge in [0.2, 0.25) is 0 Å². The van der Waals surface area contributed by atoms with Crippen LogP contribution in [0, 0.1) is 0 Å². The van der Waals surface area contributed by atoms with Crippen molar-refractivity contribution in [3.05, 3.63) is 47.4 Å². The first-order chi connectivity index (χ1) is 9.94. The summed E-state index contributed by atoms with van der Waals surface area (Å²) in [6, 6.07) is 7.94. The fourth-order valence-electron chi connectivity index (χ4n) is 2.28. The molecule has 0 amide bonds. The second-order valence-corrected chi connectivity index (χ2v) is 6.72. The molecule has 7 heteroatoms. The van der Waals surface area contributed by atoms with Gasteiger partial charge < -0.3 is 10.4 Å². The van der Waals surface area contributed by atoms with Gasteiger partial charge in [0.15, 0.2) is 9.84 Å². The van der Waals surface area contributed by atoms with Crippen LogP contribution in [0.15, 0.2) is 41.8 Å². The van der Waals surface area contributed by atoms with Gasteiger partial charge in [-0.25, -0.2) is 18.2 Å². The van der Waals surface area contributed by atoms with Crippen molar-refractivity contribution in [1.82, 2.24) is 4.98 Å². The van der Waals surface area contributed by atoms with Gasteiger partial charge >= 0.3 is 5.97 Å². The van der Waals surface area contributed by atoms with Gasteiger partial charge in [0.05, 0.1) is 22.9 Å². The first-order valence-electron chi connectivity index (χ1n) is 6.25. The number of sulfone groups is 1. The van der Waals surface area contributed by atoms with Crippen LogP contribution >= 0.6 is 0 Å². The van der Waals surface area contributed by atoms with Gasteiger partial charge in [-0.3, -0.25) is 0 Å². The highest BCUT2D eigenvalue weighted by molar-refractivity contribution is 7.94. The van der Waals surface area contributed by atoms with E-state index >= 15 is 0 Å². The monoisotopic (exact) mass is 304 g/mol. The molecule has 108 valence electrons. The Labute approximate surface area is 121 Å². The summed E-state index contributed by atoms with van der Waals surface area (Å²) in [5.41, 5.74) is 0.678. The lowest BCUT2D eigenvalue weighted by Crippen LogP contribution is -2.21. The normalized spacial score (nSPS) is 19.7. The van der Waals surface area contributed by atoms with E-state index < -0.39 is 21.8 Å². The summed E-state index contributed by atoms with van der Waals surface area (Å²) in [5.74, 6) is -0.756.